The zero-order valence-corrected chi connectivity index (χ0v) is 9.64. The minimum Gasteiger partial charge on any atom is -0.456 e. The van der Waals surface area contributed by atoms with Gasteiger partial charge in [-0.2, -0.15) is 0 Å². The maximum Gasteiger partial charge on any atom is 0.238 e. The smallest absolute Gasteiger partial charge is 0.238 e. The van der Waals surface area contributed by atoms with Crippen LogP contribution in [0.25, 0.3) is 21.9 Å². The summed E-state index contributed by atoms with van der Waals surface area (Å²) in [6, 6.07) is 13.4. The van der Waals surface area contributed by atoms with Crippen molar-refractivity contribution in [1.29, 1.82) is 0 Å². The number of anilines is 1. The molecular weight excluding hydrogens is 228 g/mol. The number of para-hydroxylation sites is 1. The highest BCUT2D eigenvalue weighted by molar-refractivity contribution is 6.06. The van der Waals surface area contributed by atoms with E-state index in [9.17, 15) is 4.79 Å². The zero-order chi connectivity index (χ0) is 12.5. The van der Waals surface area contributed by atoms with Crippen LogP contribution in [-0.2, 0) is 4.79 Å². The molecule has 0 aliphatic carbocycles. The topological polar surface area (TPSA) is 68.3 Å². The third kappa shape index (κ3) is 1.72. The summed E-state index contributed by atoms with van der Waals surface area (Å²) in [5.74, 6) is -0.206. The van der Waals surface area contributed by atoms with E-state index in [1.807, 2.05) is 36.4 Å². The van der Waals surface area contributed by atoms with Crippen LogP contribution < -0.4 is 11.1 Å². The van der Waals surface area contributed by atoms with Gasteiger partial charge in [-0.3, -0.25) is 4.79 Å². The molecule has 3 aromatic rings. The van der Waals surface area contributed by atoms with Gasteiger partial charge in [0, 0.05) is 16.5 Å². The number of furan rings is 1. The van der Waals surface area contributed by atoms with E-state index in [0.29, 0.717) is 0 Å². The maximum absolute atomic E-state index is 11.3. The summed E-state index contributed by atoms with van der Waals surface area (Å²) in [5, 5.41) is 4.76. The van der Waals surface area contributed by atoms with Gasteiger partial charge in [0.2, 0.25) is 5.91 Å². The second kappa shape index (κ2) is 4.16. The van der Waals surface area contributed by atoms with Crippen molar-refractivity contribution >= 4 is 33.5 Å². The predicted octanol–water partition coefficient (Wildman–Crippen LogP) is 2.48. The van der Waals surface area contributed by atoms with Gasteiger partial charge in [-0.15, -0.1) is 0 Å². The Bertz CT molecular complexity index is 731. The normalized spacial score (nSPS) is 10.9. The van der Waals surface area contributed by atoms with Gasteiger partial charge < -0.3 is 15.5 Å². The minimum atomic E-state index is -0.206. The van der Waals surface area contributed by atoms with E-state index in [1.54, 1.807) is 6.07 Å². The zero-order valence-electron chi connectivity index (χ0n) is 9.64. The van der Waals surface area contributed by atoms with Crippen LogP contribution in [0.2, 0.25) is 0 Å². The van der Waals surface area contributed by atoms with Crippen LogP contribution in [0, 0.1) is 0 Å². The van der Waals surface area contributed by atoms with Crippen LogP contribution >= 0.6 is 0 Å². The van der Waals surface area contributed by atoms with Crippen molar-refractivity contribution in [2.75, 3.05) is 11.9 Å². The molecule has 3 rings (SSSR count). The molecule has 0 saturated heterocycles. The van der Waals surface area contributed by atoms with Gasteiger partial charge >= 0.3 is 0 Å². The Labute approximate surface area is 103 Å². The summed E-state index contributed by atoms with van der Waals surface area (Å²) in [6.45, 7) is -0.0236. The molecule has 0 saturated carbocycles. The average molecular weight is 240 g/mol. The fourth-order valence-electron chi connectivity index (χ4n) is 2.02. The van der Waals surface area contributed by atoms with E-state index in [2.05, 4.69) is 5.32 Å². The summed E-state index contributed by atoms with van der Waals surface area (Å²) in [4.78, 5) is 11.3. The van der Waals surface area contributed by atoms with Gasteiger partial charge in [0.05, 0.1) is 6.54 Å². The van der Waals surface area contributed by atoms with Crippen LogP contribution in [0.1, 0.15) is 0 Å². The van der Waals surface area contributed by atoms with E-state index in [0.717, 1.165) is 27.6 Å². The standard InChI is InChI=1S/C14H12N2O2/c15-8-14(17)16-9-5-6-13-11(7-9)10-3-1-2-4-12(10)18-13/h1-7H,8,15H2,(H,16,17). The lowest BCUT2D eigenvalue weighted by Gasteiger charge is -2.02. The van der Waals surface area contributed by atoms with Gasteiger partial charge in [0.1, 0.15) is 11.2 Å². The largest absolute Gasteiger partial charge is 0.456 e. The summed E-state index contributed by atoms with van der Waals surface area (Å²) in [7, 11) is 0. The lowest BCUT2D eigenvalue weighted by Crippen LogP contribution is -2.21. The third-order valence-corrected chi connectivity index (χ3v) is 2.85. The monoisotopic (exact) mass is 240 g/mol. The Hall–Kier alpha value is -2.33. The minimum absolute atomic E-state index is 0.0236. The first-order chi connectivity index (χ1) is 8.78. The highest BCUT2D eigenvalue weighted by atomic mass is 16.3. The molecule has 1 aromatic heterocycles. The number of hydrogen-bond donors (Lipinski definition) is 2. The number of carbonyl (C=O) groups is 1. The van der Waals surface area contributed by atoms with Gasteiger partial charge in [-0.25, -0.2) is 0 Å². The summed E-state index contributed by atoms with van der Waals surface area (Å²) in [6.07, 6.45) is 0. The predicted molar refractivity (Wildman–Crippen MR) is 71.4 cm³/mol. The molecule has 2 aromatic carbocycles. The molecule has 0 aliphatic rings. The number of amides is 1. The van der Waals surface area contributed by atoms with Crippen molar-refractivity contribution in [2.45, 2.75) is 0 Å². The fraction of sp³-hybridized carbons (Fsp3) is 0.0714. The number of nitrogens with one attached hydrogen (secondary N) is 1. The summed E-state index contributed by atoms with van der Waals surface area (Å²) >= 11 is 0. The lowest BCUT2D eigenvalue weighted by atomic mass is 10.1. The van der Waals surface area contributed by atoms with Crippen molar-refractivity contribution < 1.29 is 9.21 Å². The molecule has 1 heterocycles. The SMILES string of the molecule is NCC(=O)Nc1ccc2oc3ccccc3c2c1. The van der Waals surface area contributed by atoms with Crippen molar-refractivity contribution in [3.8, 4) is 0 Å². The molecule has 0 spiro atoms. The second-order valence-electron chi connectivity index (χ2n) is 4.06. The highest BCUT2D eigenvalue weighted by Crippen LogP contribution is 2.30. The fourth-order valence-corrected chi connectivity index (χ4v) is 2.02. The molecule has 90 valence electrons. The van der Waals surface area contributed by atoms with Gasteiger partial charge in [0.25, 0.3) is 0 Å². The van der Waals surface area contributed by atoms with Crippen molar-refractivity contribution in [1.82, 2.24) is 0 Å². The summed E-state index contributed by atoms with van der Waals surface area (Å²) in [5.41, 5.74) is 7.65. The van der Waals surface area contributed by atoms with Gasteiger partial charge in [-0.05, 0) is 24.3 Å². The van der Waals surface area contributed by atoms with Crippen LogP contribution in [0.15, 0.2) is 46.9 Å². The van der Waals surface area contributed by atoms with Crippen LogP contribution in [-0.4, -0.2) is 12.5 Å². The first-order valence-corrected chi connectivity index (χ1v) is 5.69. The third-order valence-electron chi connectivity index (χ3n) is 2.85. The number of carbonyl (C=O) groups excluding carboxylic acids is 1. The van der Waals surface area contributed by atoms with Crippen molar-refractivity contribution in [3.63, 3.8) is 0 Å². The molecule has 3 N–H and O–H groups in total. The highest BCUT2D eigenvalue weighted by Gasteiger charge is 2.07. The Morgan fingerprint density at radius 3 is 2.72 bits per heavy atom. The van der Waals surface area contributed by atoms with E-state index in [4.69, 9.17) is 10.2 Å². The number of benzene rings is 2. The second-order valence-corrected chi connectivity index (χ2v) is 4.06. The van der Waals surface area contributed by atoms with E-state index < -0.39 is 0 Å². The number of hydrogen-bond acceptors (Lipinski definition) is 3. The number of nitrogens with two attached hydrogens (primary N) is 1. The molecule has 18 heavy (non-hydrogen) atoms. The van der Waals surface area contributed by atoms with Crippen LogP contribution in [0.3, 0.4) is 0 Å². The van der Waals surface area contributed by atoms with Crippen LogP contribution in [0.4, 0.5) is 5.69 Å². The van der Waals surface area contributed by atoms with Crippen molar-refractivity contribution in [3.05, 3.63) is 42.5 Å². The number of rotatable bonds is 2. The van der Waals surface area contributed by atoms with E-state index in [-0.39, 0.29) is 12.5 Å². The molecule has 4 nitrogen and oxygen atoms in total. The Balaban J connectivity index is 2.15. The van der Waals surface area contributed by atoms with Crippen molar-refractivity contribution in [2.24, 2.45) is 5.73 Å². The Morgan fingerprint density at radius 1 is 1.11 bits per heavy atom. The molecular formula is C14H12N2O2. The van der Waals surface area contributed by atoms with E-state index >= 15 is 0 Å². The van der Waals surface area contributed by atoms with E-state index in [1.165, 1.54) is 0 Å². The molecule has 0 atom stereocenters. The molecule has 0 unspecified atom stereocenters. The maximum atomic E-state index is 11.3. The first kappa shape index (κ1) is 10.8. The molecule has 0 fully saturated rings. The average Bonchev–Trinajstić information content (AvgIpc) is 2.77. The molecule has 0 bridgehead atoms. The quantitative estimate of drug-likeness (QED) is 0.723. The molecule has 0 radical (unpaired) electrons. The number of fused-ring (bicyclic) bond motifs is 3. The van der Waals surface area contributed by atoms with Gasteiger partial charge in [-0.1, -0.05) is 18.2 Å². The molecule has 1 amide bonds. The van der Waals surface area contributed by atoms with Crippen LogP contribution in [0.5, 0.6) is 0 Å². The Kier molecular flexibility index (Phi) is 2.50. The molecule has 4 heteroatoms. The Morgan fingerprint density at radius 2 is 1.89 bits per heavy atom. The lowest BCUT2D eigenvalue weighted by molar-refractivity contribution is -0.114. The van der Waals surface area contributed by atoms with Gasteiger partial charge in [0.15, 0.2) is 0 Å². The molecule has 0 aliphatic heterocycles. The summed E-state index contributed by atoms with van der Waals surface area (Å²) < 4.78 is 5.70. The first-order valence-electron chi connectivity index (χ1n) is 5.69.